The Morgan fingerprint density at radius 3 is 3.00 bits per heavy atom. The van der Waals surface area contributed by atoms with Gasteiger partial charge in [0, 0.05) is 42.0 Å². The number of amides is 1. The van der Waals surface area contributed by atoms with Gasteiger partial charge in [0.05, 0.1) is 0 Å². The van der Waals surface area contributed by atoms with E-state index < -0.39 is 0 Å². The SMILES string of the molecule is NC(=O)CCNCC1CSCCS1. The fourth-order valence-electron chi connectivity index (χ4n) is 1.13. The largest absolute Gasteiger partial charge is 0.370 e. The predicted octanol–water partition coefficient (Wildman–Crippen LogP) is 0.300. The molecule has 1 aliphatic rings. The van der Waals surface area contributed by atoms with Crippen LogP contribution in [0.15, 0.2) is 0 Å². The van der Waals surface area contributed by atoms with E-state index in [0.717, 1.165) is 13.1 Å². The first kappa shape index (κ1) is 11.2. The average molecular weight is 220 g/mol. The van der Waals surface area contributed by atoms with E-state index in [2.05, 4.69) is 5.32 Å². The number of nitrogens with one attached hydrogen (secondary N) is 1. The normalized spacial score (nSPS) is 22.9. The lowest BCUT2D eigenvalue weighted by Crippen LogP contribution is -2.31. The van der Waals surface area contributed by atoms with Crippen LogP contribution < -0.4 is 11.1 Å². The number of rotatable bonds is 5. The van der Waals surface area contributed by atoms with Crippen molar-refractivity contribution in [3.63, 3.8) is 0 Å². The highest BCUT2D eigenvalue weighted by atomic mass is 32.2. The number of carbonyl (C=O) groups is 1. The van der Waals surface area contributed by atoms with Gasteiger partial charge in [0.2, 0.25) is 5.91 Å². The second-order valence-corrected chi connectivity index (χ2v) is 5.55. The molecule has 0 aromatic heterocycles. The van der Waals surface area contributed by atoms with Crippen molar-refractivity contribution >= 4 is 29.4 Å². The van der Waals surface area contributed by atoms with Crippen LogP contribution in [0.5, 0.6) is 0 Å². The Bertz CT molecular complexity index is 160. The molecule has 1 heterocycles. The highest BCUT2D eigenvalue weighted by molar-refractivity contribution is 8.06. The topological polar surface area (TPSA) is 55.1 Å². The van der Waals surface area contributed by atoms with Gasteiger partial charge < -0.3 is 11.1 Å². The molecule has 0 bridgehead atoms. The first-order valence-corrected chi connectivity index (χ1v) is 6.68. The smallest absolute Gasteiger partial charge is 0.218 e. The molecule has 3 nitrogen and oxygen atoms in total. The van der Waals surface area contributed by atoms with Gasteiger partial charge in [-0.2, -0.15) is 23.5 Å². The molecule has 0 aromatic rings. The van der Waals surface area contributed by atoms with E-state index in [4.69, 9.17) is 5.73 Å². The van der Waals surface area contributed by atoms with Crippen molar-refractivity contribution in [3.8, 4) is 0 Å². The Kier molecular flexibility index (Phi) is 5.66. The minimum absolute atomic E-state index is 0.224. The number of primary amides is 1. The maximum absolute atomic E-state index is 10.4. The van der Waals surface area contributed by atoms with Crippen LogP contribution in [0.3, 0.4) is 0 Å². The van der Waals surface area contributed by atoms with Gasteiger partial charge in [-0.3, -0.25) is 4.79 Å². The summed E-state index contributed by atoms with van der Waals surface area (Å²) in [4.78, 5) is 10.4. The van der Waals surface area contributed by atoms with E-state index in [-0.39, 0.29) is 5.91 Å². The molecule has 1 atom stereocenters. The Morgan fingerprint density at radius 1 is 1.54 bits per heavy atom. The number of nitrogens with two attached hydrogens (primary N) is 1. The molecule has 0 radical (unpaired) electrons. The standard InChI is InChI=1S/C8H16N2OS2/c9-8(11)1-2-10-5-7-6-12-3-4-13-7/h7,10H,1-6H2,(H2,9,11). The van der Waals surface area contributed by atoms with Gasteiger partial charge in [0.1, 0.15) is 0 Å². The van der Waals surface area contributed by atoms with Crippen molar-refractivity contribution in [1.82, 2.24) is 5.32 Å². The quantitative estimate of drug-likeness (QED) is 0.654. The molecule has 76 valence electrons. The van der Waals surface area contributed by atoms with E-state index >= 15 is 0 Å². The summed E-state index contributed by atoms with van der Waals surface area (Å²) in [7, 11) is 0. The third kappa shape index (κ3) is 5.44. The predicted molar refractivity (Wildman–Crippen MR) is 60.3 cm³/mol. The minimum Gasteiger partial charge on any atom is -0.370 e. The van der Waals surface area contributed by atoms with Crippen LogP contribution in [-0.4, -0.2) is 41.5 Å². The first-order chi connectivity index (χ1) is 6.29. The molecule has 0 saturated carbocycles. The summed E-state index contributed by atoms with van der Waals surface area (Å²) in [6.07, 6.45) is 0.449. The van der Waals surface area contributed by atoms with Gasteiger partial charge in [0.25, 0.3) is 0 Å². The Balaban J connectivity index is 1.95. The van der Waals surface area contributed by atoms with Gasteiger partial charge in [-0.1, -0.05) is 0 Å². The molecular formula is C8H16N2OS2. The van der Waals surface area contributed by atoms with E-state index in [0.29, 0.717) is 11.7 Å². The van der Waals surface area contributed by atoms with Gasteiger partial charge >= 0.3 is 0 Å². The van der Waals surface area contributed by atoms with Crippen LogP contribution in [0.2, 0.25) is 0 Å². The summed E-state index contributed by atoms with van der Waals surface area (Å²) < 4.78 is 0. The van der Waals surface area contributed by atoms with E-state index in [1.165, 1.54) is 17.3 Å². The fourth-order valence-corrected chi connectivity index (χ4v) is 3.78. The molecule has 3 N–H and O–H groups in total. The zero-order valence-corrected chi connectivity index (χ0v) is 9.26. The Labute approximate surface area is 87.6 Å². The summed E-state index contributed by atoms with van der Waals surface area (Å²) in [5.41, 5.74) is 5.02. The third-order valence-corrected chi connectivity index (χ3v) is 4.65. The first-order valence-electron chi connectivity index (χ1n) is 4.47. The van der Waals surface area contributed by atoms with Gasteiger partial charge in [-0.05, 0) is 0 Å². The summed E-state index contributed by atoms with van der Waals surface area (Å²) >= 11 is 4.04. The molecule has 1 rings (SSSR count). The highest BCUT2D eigenvalue weighted by Gasteiger charge is 2.13. The zero-order chi connectivity index (χ0) is 9.52. The number of hydrogen-bond donors (Lipinski definition) is 2. The van der Waals surface area contributed by atoms with Crippen LogP contribution in [-0.2, 0) is 4.79 Å². The van der Waals surface area contributed by atoms with Crippen LogP contribution in [0.25, 0.3) is 0 Å². The van der Waals surface area contributed by atoms with Gasteiger partial charge in [-0.15, -0.1) is 0 Å². The summed E-state index contributed by atoms with van der Waals surface area (Å²) in [6, 6.07) is 0. The molecule has 1 unspecified atom stereocenters. The minimum atomic E-state index is -0.224. The van der Waals surface area contributed by atoms with Gasteiger partial charge in [-0.25, -0.2) is 0 Å². The maximum Gasteiger partial charge on any atom is 0.218 e. The van der Waals surface area contributed by atoms with Crippen LogP contribution in [0.4, 0.5) is 0 Å². The lowest BCUT2D eigenvalue weighted by Gasteiger charge is -2.20. The van der Waals surface area contributed by atoms with E-state index in [9.17, 15) is 4.79 Å². The maximum atomic E-state index is 10.4. The molecule has 0 aliphatic carbocycles. The van der Waals surface area contributed by atoms with E-state index in [1.54, 1.807) is 0 Å². The Hall–Kier alpha value is 0.130. The summed E-state index contributed by atoms with van der Waals surface area (Å²) in [5.74, 6) is 3.54. The average Bonchev–Trinajstić information content (AvgIpc) is 2.14. The van der Waals surface area contributed by atoms with Crippen molar-refractivity contribution in [2.24, 2.45) is 5.73 Å². The molecule has 1 aliphatic heterocycles. The van der Waals surface area contributed by atoms with Crippen molar-refractivity contribution in [2.45, 2.75) is 11.7 Å². The molecule has 5 heteroatoms. The number of carbonyl (C=O) groups excluding carboxylic acids is 1. The Morgan fingerprint density at radius 2 is 2.38 bits per heavy atom. The van der Waals surface area contributed by atoms with Crippen LogP contribution in [0.1, 0.15) is 6.42 Å². The van der Waals surface area contributed by atoms with Crippen LogP contribution >= 0.6 is 23.5 Å². The summed E-state index contributed by atoms with van der Waals surface area (Å²) in [5, 5.41) is 3.97. The second-order valence-electron chi connectivity index (χ2n) is 2.99. The van der Waals surface area contributed by atoms with Crippen molar-refractivity contribution in [3.05, 3.63) is 0 Å². The van der Waals surface area contributed by atoms with Gasteiger partial charge in [0.15, 0.2) is 0 Å². The summed E-state index contributed by atoms with van der Waals surface area (Å²) in [6.45, 7) is 1.72. The van der Waals surface area contributed by atoms with Crippen LogP contribution in [0, 0.1) is 0 Å². The lowest BCUT2D eigenvalue weighted by molar-refractivity contribution is -0.117. The zero-order valence-electron chi connectivity index (χ0n) is 7.62. The van der Waals surface area contributed by atoms with Crippen molar-refractivity contribution in [2.75, 3.05) is 30.3 Å². The number of hydrogen-bond acceptors (Lipinski definition) is 4. The fraction of sp³-hybridized carbons (Fsp3) is 0.875. The molecule has 1 amide bonds. The molecular weight excluding hydrogens is 204 g/mol. The molecule has 13 heavy (non-hydrogen) atoms. The number of thioether (sulfide) groups is 2. The molecule has 0 spiro atoms. The molecule has 1 saturated heterocycles. The van der Waals surface area contributed by atoms with Crippen molar-refractivity contribution < 1.29 is 4.79 Å². The second kappa shape index (κ2) is 6.56. The lowest BCUT2D eigenvalue weighted by atomic mass is 10.4. The molecule has 1 fully saturated rings. The third-order valence-electron chi connectivity index (χ3n) is 1.81. The highest BCUT2D eigenvalue weighted by Crippen LogP contribution is 2.23. The monoisotopic (exact) mass is 220 g/mol. The molecule has 0 aromatic carbocycles. The van der Waals surface area contributed by atoms with Crippen molar-refractivity contribution in [1.29, 1.82) is 0 Å². The van der Waals surface area contributed by atoms with E-state index in [1.807, 2.05) is 23.5 Å².